The highest BCUT2D eigenvalue weighted by molar-refractivity contribution is 6.62. The molecule has 0 bridgehead atoms. The zero-order valence-corrected chi connectivity index (χ0v) is 21.3. The maximum atomic E-state index is 11.8. The minimum absolute atomic E-state index is 0.111. The van der Waals surface area contributed by atoms with Gasteiger partial charge in [-0.2, -0.15) is 0 Å². The van der Waals surface area contributed by atoms with E-state index < -0.39 is 18.3 Å². The van der Waals surface area contributed by atoms with E-state index in [1.807, 2.05) is 70.2 Å². The average Bonchev–Trinajstić information content (AvgIpc) is 3.42. The largest absolute Gasteiger partial charge is 0.494 e. The SMILES string of the molecule is COC(=O)Cc1ccccc1OCc1cc(OC[C@H]2CCCO2)cc(B2OC(C)(C)C(C)(C)O2)c1. The second-order valence-corrected chi connectivity index (χ2v) is 10.1. The summed E-state index contributed by atoms with van der Waals surface area (Å²) in [5.41, 5.74) is 1.66. The number of esters is 1. The Kier molecular flexibility index (Phi) is 7.74. The van der Waals surface area contributed by atoms with Crippen molar-refractivity contribution < 1.29 is 33.1 Å². The molecule has 0 radical (unpaired) electrons. The number of rotatable bonds is 9. The first kappa shape index (κ1) is 25.5. The number of benzene rings is 2. The van der Waals surface area contributed by atoms with Gasteiger partial charge in [0.2, 0.25) is 0 Å². The van der Waals surface area contributed by atoms with Gasteiger partial charge in [-0.1, -0.05) is 24.3 Å². The second kappa shape index (κ2) is 10.6. The number of carbonyl (C=O) groups excluding carboxylic acids is 1. The molecular weight excluding hydrogens is 447 g/mol. The zero-order valence-electron chi connectivity index (χ0n) is 21.3. The molecule has 8 heteroatoms. The Morgan fingerprint density at radius 3 is 2.49 bits per heavy atom. The molecule has 0 N–H and O–H groups in total. The van der Waals surface area contributed by atoms with Gasteiger partial charge in [0.1, 0.15) is 24.7 Å². The predicted octanol–water partition coefficient (Wildman–Crippen LogP) is 3.84. The summed E-state index contributed by atoms with van der Waals surface area (Å²) in [6.45, 7) is 9.71. The highest BCUT2D eigenvalue weighted by Crippen LogP contribution is 2.37. The highest BCUT2D eigenvalue weighted by Gasteiger charge is 2.51. The smallest absolute Gasteiger partial charge is 0.491 e. The van der Waals surface area contributed by atoms with E-state index in [4.69, 9.17) is 28.3 Å². The van der Waals surface area contributed by atoms with Gasteiger partial charge in [-0.3, -0.25) is 4.79 Å². The Balaban J connectivity index is 1.54. The Bertz CT molecular complexity index is 1010. The molecule has 2 aromatic carbocycles. The van der Waals surface area contributed by atoms with Gasteiger partial charge >= 0.3 is 13.1 Å². The molecule has 0 amide bonds. The van der Waals surface area contributed by atoms with Crippen LogP contribution < -0.4 is 14.9 Å². The summed E-state index contributed by atoms with van der Waals surface area (Å²) in [6.07, 6.45) is 2.33. The van der Waals surface area contributed by atoms with Crippen molar-refractivity contribution in [2.45, 2.75) is 70.9 Å². The van der Waals surface area contributed by atoms with Crippen LogP contribution >= 0.6 is 0 Å². The fourth-order valence-corrected chi connectivity index (χ4v) is 4.11. The zero-order chi connectivity index (χ0) is 25.1. The molecule has 7 nitrogen and oxygen atoms in total. The quantitative estimate of drug-likeness (QED) is 0.397. The standard InChI is InChI=1S/C27H35BO7/c1-26(2)27(3,4)35-28(34-26)21-13-19(14-23(16-21)32-18-22-10-8-12-31-22)17-33-24-11-7-6-9-20(24)15-25(29)30-5/h6-7,9,11,13-14,16,22H,8,10,12,15,17-18H2,1-5H3/t22-/m1/s1. The summed E-state index contributed by atoms with van der Waals surface area (Å²) in [5.74, 6) is 1.04. The fourth-order valence-electron chi connectivity index (χ4n) is 4.11. The normalized spacial score (nSPS) is 20.6. The van der Waals surface area contributed by atoms with Crippen LogP contribution in [0.5, 0.6) is 11.5 Å². The summed E-state index contributed by atoms with van der Waals surface area (Å²) in [4.78, 5) is 11.8. The lowest BCUT2D eigenvalue weighted by Gasteiger charge is -2.32. The molecule has 0 aliphatic carbocycles. The van der Waals surface area contributed by atoms with Gasteiger partial charge in [0.05, 0.1) is 30.8 Å². The van der Waals surface area contributed by atoms with Gasteiger partial charge in [0.25, 0.3) is 0 Å². The van der Waals surface area contributed by atoms with Crippen LogP contribution in [-0.4, -0.2) is 50.7 Å². The van der Waals surface area contributed by atoms with Crippen molar-refractivity contribution in [1.29, 1.82) is 0 Å². The van der Waals surface area contributed by atoms with E-state index in [0.717, 1.165) is 36.0 Å². The number of ether oxygens (including phenoxy) is 4. The summed E-state index contributed by atoms with van der Waals surface area (Å²) in [7, 11) is 0.863. The van der Waals surface area contributed by atoms with Crippen LogP contribution in [0.3, 0.4) is 0 Å². The van der Waals surface area contributed by atoms with Gasteiger partial charge in [-0.25, -0.2) is 0 Å². The van der Waals surface area contributed by atoms with Crippen molar-refractivity contribution in [2.75, 3.05) is 20.3 Å². The van der Waals surface area contributed by atoms with Gasteiger partial charge in [-0.05, 0) is 69.8 Å². The fraction of sp³-hybridized carbons (Fsp3) is 0.519. The first-order valence-corrected chi connectivity index (χ1v) is 12.2. The minimum atomic E-state index is -0.517. The molecule has 2 heterocycles. The molecule has 35 heavy (non-hydrogen) atoms. The van der Waals surface area contributed by atoms with E-state index in [0.29, 0.717) is 24.7 Å². The molecule has 2 aliphatic rings. The molecule has 2 saturated heterocycles. The molecule has 0 spiro atoms. The lowest BCUT2D eigenvalue weighted by Crippen LogP contribution is -2.41. The molecule has 0 unspecified atom stereocenters. The number of hydrogen-bond donors (Lipinski definition) is 0. The number of hydrogen-bond acceptors (Lipinski definition) is 7. The van der Waals surface area contributed by atoms with Crippen molar-refractivity contribution in [3.8, 4) is 11.5 Å². The maximum absolute atomic E-state index is 11.8. The van der Waals surface area contributed by atoms with Crippen molar-refractivity contribution in [3.05, 3.63) is 53.6 Å². The van der Waals surface area contributed by atoms with Gasteiger partial charge in [0, 0.05) is 12.2 Å². The molecular formula is C27H35BO7. The molecule has 2 aliphatic heterocycles. The van der Waals surface area contributed by atoms with Gasteiger partial charge in [-0.15, -0.1) is 0 Å². The first-order chi connectivity index (χ1) is 16.7. The molecule has 2 fully saturated rings. The monoisotopic (exact) mass is 482 g/mol. The number of para-hydroxylation sites is 1. The van der Waals surface area contributed by atoms with E-state index in [-0.39, 0.29) is 18.5 Å². The Morgan fingerprint density at radius 1 is 1.06 bits per heavy atom. The summed E-state index contributed by atoms with van der Waals surface area (Å²) >= 11 is 0. The third-order valence-corrected chi connectivity index (χ3v) is 6.90. The second-order valence-electron chi connectivity index (χ2n) is 10.1. The van der Waals surface area contributed by atoms with Crippen LogP contribution in [0.1, 0.15) is 51.7 Å². The van der Waals surface area contributed by atoms with E-state index in [2.05, 4.69) is 0 Å². The summed E-state index contributed by atoms with van der Waals surface area (Å²) in [5, 5.41) is 0. The van der Waals surface area contributed by atoms with Crippen LogP contribution in [-0.2, 0) is 36.6 Å². The van der Waals surface area contributed by atoms with Crippen LogP contribution in [0.25, 0.3) is 0 Å². The third kappa shape index (κ3) is 6.18. The van der Waals surface area contributed by atoms with Crippen LogP contribution in [0, 0.1) is 0 Å². The predicted molar refractivity (Wildman–Crippen MR) is 133 cm³/mol. The molecule has 0 aromatic heterocycles. The topological polar surface area (TPSA) is 72.5 Å². The maximum Gasteiger partial charge on any atom is 0.494 e. The molecule has 1 atom stereocenters. The highest BCUT2D eigenvalue weighted by atomic mass is 16.7. The lowest BCUT2D eigenvalue weighted by atomic mass is 9.78. The van der Waals surface area contributed by atoms with Crippen LogP contribution in [0.15, 0.2) is 42.5 Å². The van der Waals surface area contributed by atoms with Crippen molar-refractivity contribution in [3.63, 3.8) is 0 Å². The molecule has 0 saturated carbocycles. The molecule has 188 valence electrons. The van der Waals surface area contributed by atoms with E-state index in [1.54, 1.807) is 0 Å². The van der Waals surface area contributed by atoms with Crippen molar-refractivity contribution in [2.24, 2.45) is 0 Å². The van der Waals surface area contributed by atoms with Crippen molar-refractivity contribution >= 4 is 18.6 Å². The molecule has 4 rings (SSSR count). The Labute approximate surface area is 208 Å². The van der Waals surface area contributed by atoms with E-state index >= 15 is 0 Å². The third-order valence-electron chi connectivity index (χ3n) is 6.90. The van der Waals surface area contributed by atoms with Gasteiger partial charge < -0.3 is 28.3 Å². The van der Waals surface area contributed by atoms with Crippen LogP contribution in [0.4, 0.5) is 0 Å². The number of carbonyl (C=O) groups is 1. The van der Waals surface area contributed by atoms with E-state index in [1.165, 1.54) is 7.11 Å². The van der Waals surface area contributed by atoms with Crippen LogP contribution in [0.2, 0.25) is 0 Å². The van der Waals surface area contributed by atoms with E-state index in [9.17, 15) is 4.79 Å². The molecule has 2 aromatic rings. The Morgan fingerprint density at radius 2 is 1.80 bits per heavy atom. The minimum Gasteiger partial charge on any atom is -0.491 e. The summed E-state index contributed by atoms with van der Waals surface area (Å²) in [6, 6.07) is 13.4. The first-order valence-electron chi connectivity index (χ1n) is 12.2. The van der Waals surface area contributed by atoms with Crippen molar-refractivity contribution in [1.82, 2.24) is 0 Å². The lowest BCUT2D eigenvalue weighted by molar-refractivity contribution is -0.139. The van der Waals surface area contributed by atoms with Gasteiger partial charge in [0.15, 0.2) is 0 Å². The number of methoxy groups -OCH3 is 1. The summed E-state index contributed by atoms with van der Waals surface area (Å²) < 4.78 is 35.3. The Hall–Kier alpha value is -2.55. The average molecular weight is 482 g/mol.